The van der Waals surface area contributed by atoms with Gasteiger partial charge < -0.3 is 10.1 Å². The standard InChI is InChI=1S/C15H12Cl2FNO2/c1-9(21-14-5-3-2-4-11(14)16)15(20)19-10-6-7-13(18)12(17)8-10/h2-9H,1H3,(H,19,20)/t9-/m0/s1. The first-order chi connectivity index (χ1) is 9.97. The van der Waals surface area contributed by atoms with E-state index in [9.17, 15) is 9.18 Å². The molecule has 0 aromatic heterocycles. The number of hydrogen-bond donors (Lipinski definition) is 1. The molecule has 0 radical (unpaired) electrons. The van der Waals surface area contributed by atoms with E-state index in [1.807, 2.05) is 0 Å². The second-order valence-corrected chi connectivity index (χ2v) is 5.12. The van der Waals surface area contributed by atoms with Gasteiger partial charge in [-0.05, 0) is 37.3 Å². The topological polar surface area (TPSA) is 38.3 Å². The quantitative estimate of drug-likeness (QED) is 0.895. The highest BCUT2D eigenvalue weighted by Crippen LogP contribution is 2.25. The van der Waals surface area contributed by atoms with Crippen LogP contribution in [-0.4, -0.2) is 12.0 Å². The number of nitrogens with one attached hydrogen (secondary N) is 1. The fourth-order valence-corrected chi connectivity index (χ4v) is 1.96. The Morgan fingerprint density at radius 1 is 1.19 bits per heavy atom. The molecule has 0 heterocycles. The van der Waals surface area contributed by atoms with Crippen LogP contribution in [-0.2, 0) is 4.79 Å². The molecule has 3 nitrogen and oxygen atoms in total. The number of ether oxygens (including phenoxy) is 1. The van der Waals surface area contributed by atoms with Gasteiger partial charge in [-0.2, -0.15) is 0 Å². The second kappa shape index (κ2) is 6.78. The first-order valence-corrected chi connectivity index (χ1v) is 6.90. The summed E-state index contributed by atoms with van der Waals surface area (Å²) in [6, 6.07) is 10.8. The lowest BCUT2D eigenvalue weighted by Gasteiger charge is -2.15. The van der Waals surface area contributed by atoms with E-state index in [1.165, 1.54) is 18.2 Å². The van der Waals surface area contributed by atoms with Gasteiger partial charge in [-0.1, -0.05) is 35.3 Å². The Bertz CT molecular complexity index is 664. The van der Waals surface area contributed by atoms with E-state index < -0.39 is 17.8 Å². The highest BCUT2D eigenvalue weighted by Gasteiger charge is 2.16. The molecule has 2 rings (SSSR count). The minimum atomic E-state index is -0.770. The van der Waals surface area contributed by atoms with Crippen molar-refractivity contribution in [3.63, 3.8) is 0 Å². The molecule has 1 N–H and O–H groups in total. The number of para-hydroxylation sites is 1. The van der Waals surface area contributed by atoms with Gasteiger partial charge in [0.1, 0.15) is 11.6 Å². The number of halogens is 3. The number of hydrogen-bond acceptors (Lipinski definition) is 2. The van der Waals surface area contributed by atoms with Crippen molar-refractivity contribution in [2.24, 2.45) is 0 Å². The highest BCUT2D eigenvalue weighted by molar-refractivity contribution is 6.32. The van der Waals surface area contributed by atoms with Gasteiger partial charge in [0.2, 0.25) is 0 Å². The summed E-state index contributed by atoms with van der Waals surface area (Å²) in [7, 11) is 0. The summed E-state index contributed by atoms with van der Waals surface area (Å²) in [5.41, 5.74) is 0.390. The molecule has 110 valence electrons. The van der Waals surface area contributed by atoms with E-state index in [1.54, 1.807) is 31.2 Å². The molecule has 1 atom stereocenters. The van der Waals surface area contributed by atoms with Crippen LogP contribution in [0, 0.1) is 5.82 Å². The molecule has 0 saturated heterocycles. The van der Waals surface area contributed by atoms with Crippen molar-refractivity contribution in [3.8, 4) is 5.75 Å². The van der Waals surface area contributed by atoms with Crippen LogP contribution in [0.1, 0.15) is 6.92 Å². The zero-order chi connectivity index (χ0) is 15.4. The molecular weight excluding hydrogens is 316 g/mol. The van der Waals surface area contributed by atoms with Crippen LogP contribution in [0.25, 0.3) is 0 Å². The summed E-state index contributed by atoms with van der Waals surface area (Å²) in [5, 5.41) is 2.95. The van der Waals surface area contributed by atoms with E-state index in [0.29, 0.717) is 16.5 Å². The summed E-state index contributed by atoms with van der Waals surface area (Å²) in [6.45, 7) is 1.59. The lowest BCUT2D eigenvalue weighted by molar-refractivity contribution is -0.122. The van der Waals surface area contributed by atoms with Gasteiger partial charge in [-0.3, -0.25) is 4.79 Å². The zero-order valence-electron chi connectivity index (χ0n) is 11.1. The zero-order valence-corrected chi connectivity index (χ0v) is 12.6. The Hall–Kier alpha value is -1.78. The Morgan fingerprint density at radius 2 is 1.90 bits per heavy atom. The second-order valence-electron chi connectivity index (χ2n) is 4.31. The fourth-order valence-electron chi connectivity index (χ4n) is 1.60. The fraction of sp³-hybridized carbons (Fsp3) is 0.133. The Balaban J connectivity index is 2.02. The smallest absolute Gasteiger partial charge is 0.265 e. The summed E-state index contributed by atoms with van der Waals surface area (Å²) in [6.07, 6.45) is -0.770. The number of benzene rings is 2. The minimum Gasteiger partial charge on any atom is -0.479 e. The third-order valence-electron chi connectivity index (χ3n) is 2.70. The Kier molecular flexibility index (Phi) is 5.04. The van der Waals surface area contributed by atoms with Gasteiger partial charge >= 0.3 is 0 Å². The molecule has 0 aliphatic heterocycles. The molecule has 21 heavy (non-hydrogen) atoms. The Labute approximate surface area is 131 Å². The monoisotopic (exact) mass is 327 g/mol. The van der Waals surface area contributed by atoms with Gasteiger partial charge in [0.15, 0.2) is 6.10 Å². The molecule has 0 spiro atoms. The highest BCUT2D eigenvalue weighted by atomic mass is 35.5. The molecule has 1 amide bonds. The Morgan fingerprint density at radius 3 is 2.57 bits per heavy atom. The van der Waals surface area contributed by atoms with E-state index >= 15 is 0 Å². The molecule has 6 heteroatoms. The lowest BCUT2D eigenvalue weighted by Crippen LogP contribution is -2.30. The maximum Gasteiger partial charge on any atom is 0.265 e. The molecule has 0 unspecified atom stereocenters. The van der Waals surface area contributed by atoms with Crippen molar-refractivity contribution >= 4 is 34.8 Å². The summed E-state index contributed by atoms with van der Waals surface area (Å²) in [4.78, 5) is 12.0. The number of anilines is 1. The maximum atomic E-state index is 13.0. The number of carbonyl (C=O) groups excluding carboxylic acids is 1. The maximum absolute atomic E-state index is 13.0. The molecule has 0 aliphatic rings. The van der Waals surface area contributed by atoms with E-state index in [0.717, 1.165) is 0 Å². The average molecular weight is 328 g/mol. The molecule has 0 saturated carbocycles. The van der Waals surface area contributed by atoms with Crippen molar-refractivity contribution in [2.75, 3.05) is 5.32 Å². The summed E-state index contributed by atoms with van der Waals surface area (Å²) < 4.78 is 18.5. The van der Waals surface area contributed by atoms with Crippen molar-refractivity contribution < 1.29 is 13.9 Å². The van der Waals surface area contributed by atoms with Gasteiger partial charge in [-0.15, -0.1) is 0 Å². The largest absolute Gasteiger partial charge is 0.479 e. The summed E-state index contributed by atoms with van der Waals surface area (Å²) >= 11 is 11.6. The molecule has 0 aliphatic carbocycles. The van der Waals surface area contributed by atoms with Crippen LogP contribution >= 0.6 is 23.2 Å². The van der Waals surface area contributed by atoms with E-state index in [-0.39, 0.29) is 5.02 Å². The predicted molar refractivity (Wildman–Crippen MR) is 81.6 cm³/mol. The first kappa shape index (κ1) is 15.6. The average Bonchev–Trinajstić information content (AvgIpc) is 2.45. The van der Waals surface area contributed by atoms with Crippen LogP contribution in [0.3, 0.4) is 0 Å². The van der Waals surface area contributed by atoms with Crippen molar-refractivity contribution in [3.05, 3.63) is 58.3 Å². The minimum absolute atomic E-state index is 0.0625. The SMILES string of the molecule is C[C@H](Oc1ccccc1Cl)C(=O)Nc1ccc(F)c(Cl)c1. The van der Waals surface area contributed by atoms with Crippen LogP contribution in [0.2, 0.25) is 10.0 Å². The van der Waals surface area contributed by atoms with Gasteiger partial charge in [0.25, 0.3) is 5.91 Å². The summed E-state index contributed by atoms with van der Waals surface area (Å²) in [5.74, 6) is -0.522. The third-order valence-corrected chi connectivity index (χ3v) is 3.30. The van der Waals surface area contributed by atoms with Gasteiger partial charge in [0.05, 0.1) is 10.0 Å². The van der Waals surface area contributed by atoms with Crippen molar-refractivity contribution in [1.29, 1.82) is 0 Å². The van der Waals surface area contributed by atoms with Crippen LogP contribution < -0.4 is 10.1 Å². The number of carbonyl (C=O) groups is 1. The van der Waals surface area contributed by atoms with Gasteiger partial charge in [-0.25, -0.2) is 4.39 Å². The number of amides is 1. The normalized spacial score (nSPS) is 11.8. The molecule has 0 bridgehead atoms. The van der Waals surface area contributed by atoms with Crippen molar-refractivity contribution in [2.45, 2.75) is 13.0 Å². The molecule has 0 fully saturated rings. The number of rotatable bonds is 4. The van der Waals surface area contributed by atoms with Gasteiger partial charge in [0, 0.05) is 5.69 Å². The van der Waals surface area contributed by atoms with Crippen molar-refractivity contribution in [1.82, 2.24) is 0 Å². The van der Waals surface area contributed by atoms with Crippen LogP contribution in [0.15, 0.2) is 42.5 Å². The molecule has 2 aromatic carbocycles. The molecular formula is C15H12Cl2FNO2. The van der Waals surface area contributed by atoms with E-state index in [2.05, 4.69) is 5.32 Å². The first-order valence-electron chi connectivity index (χ1n) is 6.14. The lowest BCUT2D eigenvalue weighted by atomic mass is 10.3. The van der Waals surface area contributed by atoms with E-state index in [4.69, 9.17) is 27.9 Å². The van der Waals surface area contributed by atoms with Crippen LogP contribution in [0.5, 0.6) is 5.75 Å². The van der Waals surface area contributed by atoms with Crippen LogP contribution in [0.4, 0.5) is 10.1 Å². The molecule has 2 aromatic rings. The third kappa shape index (κ3) is 4.09. The predicted octanol–water partition coefficient (Wildman–Crippen LogP) is 4.54.